The number of anilines is 1. The number of para-hydroxylation sites is 1. The number of aryl methyl sites for hydroxylation is 1. The lowest BCUT2D eigenvalue weighted by molar-refractivity contribution is 0.101. The van der Waals surface area contributed by atoms with Crippen LogP contribution in [0, 0.1) is 6.92 Å². The minimum Gasteiger partial charge on any atom is -0.494 e. The molecule has 23 heavy (non-hydrogen) atoms. The zero-order valence-corrected chi connectivity index (χ0v) is 12.7. The highest BCUT2D eigenvalue weighted by Crippen LogP contribution is 2.16. The van der Waals surface area contributed by atoms with Crippen molar-refractivity contribution in [2.24, 2.45) is 0 Å². The van der Waals surface area contributed by atoms with Crippen LogP contribution in [0.3, 0.4) is 0 Å². The molecule has 0 spiro atoms. The molecule has 2 heterocycles. The molecule has 0 saturated heterocycles. The van der Waals surface area contributed by atoms with Crippen molar-refractivity contribution < 1.29 is 9.53 Å². The van der Waals surface area contributed by atoms with Gasteiger partial charge in [0, 0.05) is 6.20 Å². The number of amides is 1. The first-order valence-electron chi connectivity index (χ1n) is 6.98. The number of rotatable bonds is 4. The lowest BCUT2D eigenvalue weighted by atomic mass is 10.3. The highest BCUT2D eigenvalue weighted by molar-refractivity contribution is 6.03. The number of carbonyl (C=O) groups excluding carboxylic acids is 1. The highest BCUT2D eigenvalue weighted by atomic mass is 16.5. The Morgan fingerprint density at radius 1 is 1.17 bits per heavy atom. The summed E-state index contributed by atoms with van der Waals surface area (Å²) in [5, 5.41) is 6.95. The van der Waals surface area contributed by atoms with Gasteiger partial charge in [0.15, 0.2) is 5.69 Å². The molecule has 0 aliphatic carbocycles. The summed E-state index contributed by atoms with van der Waals surface area (Å²) in [7, 11) is 1.49. The van der Waals surface area contributed by atoms with E-state index in [1.165, 1.54) is 13.3 Å². The molecule has 7 heteroatoms. The second-order valence-corrected chi connectivity index (χ2v) is 4.74. The SMILES string of the molecule is COc1cccnc1C(=O)Nc1nc(C)n(-c2ccccc2)n1. The summed E-state index contributed by atoms with van der Waals surface area (Å²) < 4.78 is 6.79. The lowest BCUT2D eigenvalue weighted by Crippen LogP contribution is -2.16. The number of ether oxygens (including phenoxy) is 1. The molecule has 3 rings (SSSR count). The number of nitrogens with zero attached hydrogens (tertiary/aromatic N) is 4. The second-order valence-electron chi connectivity index (χ2n) is 4.74. The number of hydrogen-bond donors (Lipinski definition) is 1. The van der Waals surface area contributed by atoms with E-state index in [9.17, 15) is 4.79 Å². The van der Waals surface area contributed by atoms with Crippen LogP contribution in [0.2, 0.25) is 0 Å². The molecule has 0 radical (unpaired) electrons. The number of aromatic nitrogens is 4. The van der Waals surface area contributed by atoms with Gasteiger partial charge in [-0.1, -0.05) is 18.2 Å². The summed E-state index contributed by atoms with van der Waals surface area (Å²) in [4.78, 5) is 20.6. The predicted octanol–water partition coefficient (Wildman–Crippen LogP) is 2.23. The van der Waals surface area contributed by atoms with E-state index >= 15 is 0 Å². The van der Waals surface area contributed by atoms with Gasteiger partial charge in [-0.25, -0.2) is 9.67 Å². The van der Waals surface area contributed by atoms with Crippen molar-refractivity contribution in [1.29, 1.82) is 0 Å². The van der Waals surface area contributed by atoms with E-state index in [1.54, 1.807) is 16.8 Å². The van der Waals surface area contributed by atoms with Crippen molar-refractivity contribution in [3.63, 3.8) is 0 Å². The molecule has 0 bridgehead atoms. The molecule has 3 aromatic rings. The maximum atomic E-state index is 12.3. The number of pyridine rings is 1. The summed E-state index contributed by atoms with van der Waals surface area (Å²) >= 11 is 0. The number of methoxy groups -OCH3 is 1. The maximum absolute atomic E-state index is 12.3. The van der Waals surface area contributed by atoms with E-state index in [1.807, 2.05) is 37.3 Å². The summed E-state index contributed by atoms with van der Waals surface area (Å²) in [6.45, 7) is 1.82. The van der Waals surface area contributed by atoms with Gasteiger partial charge in [0.05, 0.1) is 12.8 Å². The van der Waals surface area contributed by atoms with Crippen molar-refractivity contribution >= 4 is 11.9 Å². The van der Waals surface area contributed by atoms with Crippen LogP contribution in [-0.4, -0.2) is 32.8 Å². The van der Waals surface area contributed by atoms with E-state index in [2.05, 4.69) is 20.4 Å². The Hall–Kier alpha value is -3.22. The average Bonchev–Trinajstić information content (AvgIpc) is 2.95. The monoisotopic (exact) mass is 309 g/mol. The van der Waals surface area contributed by atoms with Gasteiger partial charge >= 0.3 is 0 Å². The third-order valence-electron chi connectivity index (χ3n) is 3.20. The van der Waals surface area contributed by atoms with Crippen LogP contribution in [0.25, 0.3) is 5.69 Å². The lowest BCUT2D eigenvalue weighted by Gasteiger charge is -2.05. The predicted molar refractivity (Wildman–Crippen MR) is 84.8 cm³/mol. The Bertz CT molecular complexity index is 829. The van der Waals surface area contributed by atoms with Crippen molar-refractivity contribution in [3.8, 4) is 11.4 Å². The van der Waals surface area contributed by atoms with Gasteiger partial charge in [-0.3, -0.25) is 10.1 Å². The Balaban J connectivity index is 1.85. The molecule has 7 nitrogen and oxygen atoms in total. The van der Waals surface area contributed by atoms with Gasteiger partial charge < -0.3 is 4.74 Å². The van der Waals surface area contributed by atoms with Crippen LogP contribution < -0.4 is 10.1 Å². The average molecular weight is 309 g/mol. The molecule has 1 N–H and O–H groups in total. The summed E-state index contributed by atoms with van der Waals surface area (Å²) in [6, 6.07) is 12.9. The van der Waals surface area contributed by atoms with Gasteiger partial charge in [0.2, 0.25) is 5.95 Å². The molecule has 2 aromatic heterocycles. The molecule has 1 aromatic carbocycles. The molecule has 116 valence electrons. The van der Waals surface area contributed by atoms with Crippen LogP contribution in [0.5, 0.6) is 5.75 Å². The molecular formula is C16H15N5O2. The van der Waals surface area contributed by atoms with Crippen LogP contribution >= 0.6 is 0 Å². The Morgan fingerprint density at radius 2 is 1.96 bits per heavy atom. The molecule has 0 saturated carbocycles. The smallest absolute Gasteiger partial charge is 0.280 e. The fourth-order valence-electron chi connectivity index (χ4n) is 2.14. The number of hydrogen-bond acceptors (Lipinski definition) is 5. The van der Waals surface area contributed by atoms with Crippen LogP contribution in [0.4, 0.5) is 5.95 Å². The molecule has 0 atom stereocenters. The van der Waals surface area contributed by atoms with Gasteiger partial charge in [-0.05, 0) is 31.2 Å². The molecule has 0 aliphatic rings. The molecular weight excluding hydrogens is 294 g/mol. The van der Waals surface area contributed by atoms with E-state index in [4.69, 9.17) is 4.74 Å². The summed E-state index contributed by atoms with van der Waals surface area (Å²) in [6.07, 6.45) is 1.53. The van der Waals surface area contributed by atoms with Gasteiger partial charge in [0.1, 0.15) is 11.6 Å². The van der Waals surface area contributed by atoms with Crippen LogP contribution in [0.15, 0.2) is 48.7 Å². The molecule has 0 fully saturated rings. The highest BCUT2D eigenvalue weighted by Gasteiger charge is 2.16. The number of benzene rings is 1. The third-order valence-corrected chi connectivity index (χ3v) is 3.20. The molecule has 0 unspecified atom stereocenters. The summed E-state index contributed by atoms with van der Waals surface area (Å²) in [5.41, 5.74) is 1.05. The fraction of sp³-hybridized carbons (Fsp3) is 0.125. The standard InChI is InChI=1S/C16H15N5O2/c1-11-18-16(20-21(11)12-7-4-3-5-8-12)19-15(22)14-13(23-2)9-6-10-17-14/h3-10H,1-2H3,(H,19,20,22). The number of carbonyl (C=O) groups is 1. The molecule has 1 amide bonds. The quantitative estimate of drug-likeness (QED) is 0.799. The van der Waals surface area contributed by atoms with Gasteiger partial charge in [-0.2, -0.15) is 4.98 Å². The number of nitrogens with one attached hydrogen (secondary N) is 1. The first kappa shape index (κ1) is 14.7. The Morgan fingerprint density at radius 3 is 2.70 bits per heavy atom. The van der Waals surface area contributed by atoms with E-state index in [-0.39, 0.29) is 11.6 Å². The van der Waals surface area contributed by atoms with Crippen LogP contribution in [0.1, 0.15) is 16.3 Å². The minimum atomic E-state index is -0.423. The van der Waals surface area contributed by atoms with Gasteiger partial charge in [0.25, 0.3) is 5.91 Å². The molecule has 0 aliphatic heterocycles. The van der Waals surface area contributed by atoms with Crippen molar-refractivity contribution in [2.75, 3.05) is 12.4 Å². The first-order valence-corrected chi connectivity index (χ1v) is 6.98. The minimum absolute atomic E-state index is 0.184. The van der Waals surface area contributed by atoms with E-state index < -0.39 is 5.91 Å². The summed E-state index contributed by atoms with van der Waals surface area (Å²) in [5.74, 6) is 0.848. The van der Waals surface area contributed by atoms with Crippen LogP contribution in [-0.2, 0) is 0 Å². The van der Waals surface area contributed by atoms with Crippen molar-refractivity contribution in [2.45, 2.75) is 6.92 Å². The zero-order chi connectivity index (χ0) is 16.2. The normalized spacial score (nSPS) is 10.3. The van der Waals surface area contributed by atoms with Crippen molar-refractivity contribution in [3.05, 3.63) is 60.2 Å². The second kappa shape index (κ2) is 6.27. The Labute approximate surface area is 133 Å². The topological polar surface area (TPSA) is 81.9 Å². The first-order chi connectivity index (χ1) is 11.2. The largest absolute Gasteiger partial charge is 0.494 e. The van der Waals surface area contributed by atoms with Gasteiger partial charge in [-0.15, -0.1) is 5.10 Å². The Kier molecular flexibility index (Phi) is 4.01. The van der Waals surface area contributed by atoms with E-state index in [0.717, 1.165) is 5.69 Å². The maximum Gasteiger partial charge on any atom is 0.280 e. The fourth-order valence-corrected chi connectivity index (χ4v) is 2.14. The third kappa shape index (κ3) is 3.03. The zero-order valence-electron chi connectivity index (χ0n) is 12.7. The van der Waals surface area contributed by atoms with Crippen molar-refractivity contribution in [1.82, 2.24) is 19.7 Å². The van der Waals surface area contributed by atoms with E-state index in [0.29, 0.717) is 11.6 Å².